The van der Waals surface area contributed by atoms with Gasteiger partial charge in [0.15, 0.2) is 5.16 Å². The van der Waals surface area contributed by atoms with Crippen LogP contribution in [0.1, 0.15) is 50.1 Å². The van der Waals surface area contributed by atoms with Crippen LogP contribution in [0.3, 0.4) is 0 Å². The second kappa shape index (κ2) is 5.82. The molecule has 2 aromatic heterocycles. The van der Waals surface area contributed by atoms with Crippen molar-refractivity contribution in [3.63, 3.8) is 0 Å². The Morgan fingerprint density at radius 1 is 1.42 bits per heavy atom. The van der Waals surface area contributed by atoms with Crippen LogP contribution in [0.5, 0.6) is 0 Å². The lowest BCUT2D eigenvalue weighted by Crippen LogP contribution is -2.05. The van der Waals surface area contributed by atoms with Gasteiger partial charge in [-0.3, -0.25) is 4.57 Å². The maximum atomic E-state index is 5.46. The third-order valence-corrected chi connectivity index (χ3v) is 4.36. The predicted molar refractivity (Wildman–Crippen MR) is 75.4 cm³/mol. The van der Waals surface area contributed by atoms with E-state index >= 15 is 0 Å². The molecule has 4 nitrogen and oxygen atoms in total. The van der Waals surface area contributed by atoms with Gasteiger partial charge in [0.25, 0.3) is 0 Å². The van der Waals surface area contributed by atoms with E-state index in [-0.39, 0.29) is 0 Å². The molecule has 3 rings (SSSR count). The maximum Gasteiger partial charge on any atom is 0.191 e. The van der Waals surface area contributed by atoms with Crippen LogP contribution in [-0.4, -0.2) is 20.5 Å². The number of unbranched alkanes of at least 4 members (excludes halogenated alkanes) is 1. The molecule has 0 spiro atoms. The summed E-state index contributed by atoms with van der Waals surface area (Å²) in [6.45, 7) is 2.96. The molecule has 1 aliphatic rings. The van der Waals surface area contributed by atoms with Crippen LogP contribution in [0.4, 0.5) is 0 Å². The van der Waals surface area contributed by atoms with E-state index in [9.17, 15) is 0 Å². The summed E-state index contributed by atoms with van der Waals surface area (Å²) in [5.74, 6) is 3.83. The van der Waals surface area contributed by atoms with Gasteiger partial charge in [0.2, 0.25) is 0 Å². The van der Waals surface area contributed by atoms with Crippen molar-refractivity contribution >= 4 is 11.8 Å². The van der Waals surface area contributed by atoms with Crippen LogP contribution in [0.25, 0.3) is 0 Å². The number of hydrogen-bond donors (Lipinski definition) is 0. The SMILES string of the molecule is CCCCSc1nnc(C2CC2)n1Cc1ccco1. The van der Waals surface area contributed by atoms with Crippen molar-refractivity contribution in [2.45, 2.75) is 50.2 Å². The maximum absolute atomic E-state index is 5.46. The summed E-state index contributed by atoms with van der Waals surface area (Å²) in [6, 6.07) is 3.94. The summed E-state index contributed by atoms with van der Waals surface area (Å²) >= 11 is 1.81. The Morgan fingerprint density at radius 2 is 2.32 bits per heavy atom. The van der Waals surface area contributed by atoms with E-state index in [1.807, 2.05) is 23.9 Å². The largest absolute Gasteiger partial charge is 0.467 e. The summed E-state index contributed by atoms with van der Waals surface area (Å²) in [5, 5.41) is 9.79. The summed E-state index contributed by atoms with van der Waals surface area (Å²) < 4.78 is 7.69. The molecule has 0 N–H and O–H groups in total. The molecule has 19 heavy (non-hydrogen) atoms. The summed E-state index contributed by atoms with van der Waals surface area (Å²) in [7, 11) is 0. The zero-order chi connectivity index (χ0) is 13.1. The van der Waals surface area contributed by atoms with E-state index < -0.39 is 0 Å². The van der Waals surface area contributed by atoms with E-state index in [4.69, 9.17) is 4.42 Å². The minimum Gasteiger partial charge on any atom is -0.467 e. The molecule has 2 heterocycles. The highest BCUT2D eigenvalue weighted by Gasteiger charge is 2.30. The van der Waals surface area contributed by atoms with Crippen LogP contribution < -0.4 is 0 Å². The second-order valence-electron chi connectivity index (χ2n) is 4.98. The first-order valence-electron chi connectivity index (χ1n) is 6.96. The average molecular weight is 277 g/mol. The van der Waals surface area contributed by atoms with Crippen LogP contribution in [0.15, 0.2) is 28.0 Å². The lowest BCUT2D eigenvalue weighted by Gasteiger charge is -2.07. The van der Waals surface area contributed by atoms with E-state index in [1.54, 1.807) is 6.26 Å². The van der Waals surface area contributed by atoms with Crippen molar-refractivity contribution in [1.29, 1.82) is 0 Å². The lowest BCUT2D eigenvalue weighted by molar-refractivity contribution is 0.478. The summed E-state index contributed by atoms with van der Waals surface area (Å²) in [6.07, 6.45) is 6.65. The Morgan fingerprint density at radius 3 is 3.00 bits per heavy atom. The zero-order valence-corrected chi connectivity index (χ0v) is 12.0. The number of rotatable bonds is 7. The van der Waals surface area contributed by atoms with Crippen molar-refractivity contribution in [3.8, 4) is 0 Å². The van der Waals surface area contributed by atoms with Gasteiger partial charge in [-0.2, -0.15) is 0 Å². The predicted octanol–water partition coefficient (Wildman–Crippen LogP) is 3.69. The topological polar surface area (TPSA) is 43.9 Å². The smallest absolute Gasteiger partial charge is 0.191 e. The van der Waals surface area contributed by atoms with Crippen molar-refractivity contribution in [1.82, 2.24) is 14.8 Å². The molecule has 0 saturated heterocycles. The minimum absolute atomic E-state index is 0.614. The fourth-order valence-corrected chi connectivity index (χ4v) is 3.09. The Bertz CT molecular complexity index is 517. The van der Waals surface area contributed by atoms with E-state index in [2.05, 4.69) is 21.7 Å². The molecular formula is C14H19N3OS. The van der Waals surface area contributed by atoms with Gasteiger partial charge in [0, 0.05) is 11.7 Å². The molecule has 1 aliphatic carbocycles. The molecule has 0 atom stereocenters. The number of hydrogen-bond acceptors (Lipinski definition) is 4. The molecule has 102 valence electrons. The quantitative estimate of drug-likeness (QED) is 0.572. The molecular weight excluding hydrogens is 258 g/mol. The fraction of sp³-hybridized carbons (Fsp3) is 0.571. The van der Waals surface area contributed by atoms with Crippen LogP contribution in [0.2, 0.25) is 0 Å². The minimum atomic E-state index is 0.614. The molecule has 0 radical (unpaired) electrons. The van der Waals surface area contributed by atoms with Crippen molar-refractivity contribution < 1.29 is 4.42 Å². The van der Waals surface area contributed by atoms with Gasteiger partial charge in [-0.25, -0.2) is 0 Å². The van der Waals surface area contributed by atoms with Gasteiger partial charge < -0.3 is 4.42 Å². The average Bonchev–Trinajstić information content (AvgIpc) is 2.98. The van der Waals surface area contributed by atoms with Gasteiger partial charge in [-0.1, -0.05) is 25.1 Å². The first kappa shape index (κ1) is 12.8. The first-order valence-corrected chi connectivity index (χ1v) is 7.95. The molecule has 0 aliphatic heterocycles. The van der Waals surface area contributed by atoms with Gasteiger partial charge in [-0.15, -0.1) is 10.2 Å². The molecule has 0 amide bonds. The summed E-state index contributed by atoms with van der Waals surface area (Å²) in [4.78, 5) is 0. The van der Waals surface area contributed by atoms with E-state index in [1.165, 1.54) is 25.7 Å². The number of thioether (sulfide) groups is 1. The molecule has 1 saturated carbocycles. The monoisotopic (exact) mass is 277 g/mol. The molecule has 0 unspecified atom stereocenters. The van der Waals surface area contributed by atoms with Gasteiger partial charge in [-0.05, 0) is 31.4 Å². The Labute approximate surface area is 117 Å². The van der Waals surface area contributed by atoms with Gasteiger partial charge in [0.05, 0.1) is 12.8 Å². The number of aromatic nitrogens is 3. The van der Waals surface area contributed by atoms with Crippen LogP contribution >= 0.6 is 11.8 Å². The third kappa shape index (κ3) is 3.03. The standard InChI is InChI=1S/C14H19N3OS/c1-2-3-9-19-14-16-15-13(11-6-7-11)17(14)10-12-5-4-8-18-12/h4-5,8,11H,2-3,6-7,9-10H2,1H3. The van der Waals surface area contributed by atoms with Gasteiger partial charge >= 0.3 is 0 Å². The van der Waals surface area contributed by atoms with Crippen LogP contribution in [-0.2, 0) is 6.54 Å². The fourth-order valence-electron chi connectivity index (χ4n) is 2.07. The van der Waals surface area contributed by atoms with Crippen molar-refractivity contribution in [2.75, 3.05) is 5.75 Å². The molecule has 5 heteroatoms. The Balaban J connectivity index is 1.78. The molecule has 0 bridgehead atoms. The first-order chi connectivity index (χ1) is 9.38. The summed E-state index contributed by atoms with van der Waals surface area (Å²) in [5.41, 5.74) is 0. The van der Waals surface area contributed by atoms with E-state index in [0.717, 1.165) is 29.0 Å². The highest BCUT2D eigenvalue weighted by Crippen LogP contribution is 2.40. The number of nitrogens with zero attached hydrogens (tertiary/aromatic N) is 3. The molecule has 0 aromatic carbocycles. The lowest BCUT2D eigenvalue weighted by atomic mass is 10.3. The molecule has 2 aromatic rings. The van der Waals surface area contributed by atoms with Crippen molar-refractivity contribution in [2.24, 2.45) is 0 Å². The third-order valence-electron chi connectivity index (χ3n) is 3.31. The Hall–Kier alpha value is -1.23. The normalized spacial score (nSPS) is 15.0. The molecule has 1 fully saturated rings. The Kier molecular flexibility index (Phi) is 3.92. The second-order valence-corrected chi connectivity index (χ2v) is 6.04. The zero-order valence-electron chi connectivity index (χ0n) is 11.2. The highest BCUT2D eigenvalue weighted by molar-refractivity contribution is 7.99. The van der Waals surface area contributed by atoms with E-state index in [0.29, 0.717) is 5.92 Å². The van der Waals surface area contributed by atoms with Crippen LogP contribution in [0, 0.1) is 0 Å². The van der Waals surface area contributed by atoms with Gasteiger partial charge in [0.1, 0.15) is 11.6 Å². The number of furan rings is 1. The highest BCUT2D eigenvalue weighted by atomic mass is 32.2. The van der Waals surface area contributed by atoms with Crippen molar-refractivity contribution in [3.05, 3.63) is 30.0 Å².